The lowest BCUT2D eigenvalue weighted by atomic mass is 9.95. The van der Waals surface area contributed by atoms with E-state index >= 15 is 0 Å². The van der Waals surface area contributed by atoms with Crippen LogP contribution < -0.4 is 5.73 Å². The first-order valence-electron chi connectivity index (χ1n) is 8.32. The van der Waals surface area contributed by atoms with Gasteiger partial charge >= 0.3 is 0 Å². The maximum Gasteiger partial charge on any atom is 0.107 e. The second kappa shape index (κ2) is 8.11. The van der Waals surface area contributed by atoms with Gasteiger partial charge in [-0.05, 0) is 11.1 Å². The number of hydrogen-bond donors (Lipinski definition) is 1. The SMILES string of the molecule is Cl.N[C@@H]1CN(Cc2ncc(-c3ccccc3)s2)C[C@H]1c1ccccc1. The van der Waals surface area contributed by atoms with Gasteiger partial charge in [-0.3, -0.25) is 4.90 Å². The van der Waals surface area contributed by atoms with Crippen molar-refractivity contribution in [1.82, 2.24) is 9.88 Å². The Morgan fingerprint density at radius 3 is 2.40 bits per heavy atom. The van der Waals surface area contributed by atoms with Gasteiger partial charge in [-0.1, -0.05) is 60.7 Å². The van der Waals surface area contributed by atoms with Crippen LogP contribution >= 0.6 is 23.7 Å². The first kappa shape index (κ1) is 18.1. The molecule has 4 rings (SSSR count). The van der Waals surface area contributed by atoms with E-state index in [0.29, 0.717) is 5.92 Å². The molecular weight excluding hydrogens is 350 g/mol. The summed E-state index contributed by atoms with van der Waals surface area (Å²) in [5, 5.41) is 1.16. The highest BCUT2D eigenvalue weighted by Gasteiger charge is 2.31. The van der Waals surface area contributed by atoms with Gasteiger partial charge in [0.15, 0.2) is 0 Å². The van der Waals surface area contributed by atoms with Crippen LogP contribution in [0.1, 0.15) is 16.5 Å². The third-order valence-electron chi connectivity index (χ3n) is 4.64. The number of nitrogens with two attached hydrogens (primary N) is 1. The van der Waals surface area contributed by atoms with Crippen LogP contribution in [0.5, 0.6) is 0 Å². The number of likely N-dealkylation sites (tertiary alicyclic amines) is 1. The molecule has 3 aromatic rings. The van der Waals surface area contributed by atoms with Crippen molar-refractivity contribution in [1.29, 1.82) is 0 Å². The number of nitrogens with zero attached hydrogens (tertiary/aromatic N) is 2. The molecule has 2 atom stereocenters. The topological polar surface area (TPSA) is 42.1 Å². The van der Waals surface area contributed by atoms with Crippen molar-refractivity contribution in [2.24, 2.45) is 5.73 Å². The Labute approximate surface area is 158 Å². The molecule has 0 unspecified atom stereocenters. The summed E-state index contributed by atoms with van der Waals surface area (Å²) >= 11 is 1.78. The van der Waals surface area contributed by atoms with Crippen molar-refractivity contribution in [3.8, 4) is 10.4 Å². The fourth-order valence-corrected chi connectivity index (χ4v) is 4.37. The summed E-state index contributed by atoms with van der Waals surface area (Å²) in [7, 11) is 0. The van der Waals surface area contributed by atoms with Crippen LogP contribution in [0.4, 0.5) is 0 Å². The Kier molecular flexibility index (Phi) is 5.86. The molecule has 1 saturated heterocycles. The summed E-state index contributed by atoms with van der Waals surface area (Å²) < 4.78 is 0. The summed E-state index contributed by atoms with van der Waals surface area (Å²) in [5.74, 6) is 0.416. The van der Waals surface area contributed by atoms with Gasteiger partial charge in [0.1, 0.15) is 5.01 Å². The molecule has 0 bridgehead atoms. The Morgan fingerprint density at radius 1 is 1.00 bits per heavy atom. The monoisotopic (exact) mass is 371 g/mol. The van der Waals surface area contributed by atoms with Crippen molar-refractivity contribution < 1.29 is 0 Å². The molecule has 0 amide bonds. The molecule has 3 nitrogen and oxygen atoms in total. The van der Waals surface area contributed by atoms with Crippen LogP contribution in [0.25, 0.3) is 10.4 Å². The Hall–Kier alpha value is -1.72. The molecule has 1 aliphatic rings. The number of halogens is 1. The smallest absolute Gasteiger partial charge is 0.107 e. The molecule has 1 aromatic heterocycles. The summed E-state index contributed by atoms with van der Waals surface area (Å²) in [6, 6.07) is 21.3. The quantitative estimate of drug-likeness (QED) is 0.748. The lowest BCUT2D eigenvalue weighted by molar-refractivity contribution is 0.323. The zero-order chi connectivity index (χ0) is 16.4. The minimum atomic E-state index is 0. The number of rotatable bonds is 4. The van der Waals surface area contributed by atoms with E-state index in [0.717, 1.165) is 24.6 Å². The van der Waals surface area contributed by atoms with E-state index in [2.05, 4.69) is 64.5 Å². The molecule has 130 valence electrons. The summed E-state index contributed by atoms with van der Waals surface area (Å²) in [6.07, 6.45) is 1.99. The highest BCUT2D eigenvalue weighted by molar-refractivity contribution is 7.15. The van der Waals surface area contributed by atoms with Crippen molar-refractivity contribution in [2.75, 3.05) is 13.1 Å². The molecule has 1 fully saturated rings. The molecule has 2 aromatic carbocycles. The van der Waals surface area contributed by atoms with Gasteiger partial charge in [0.25, 0.3) is 0 Å². The molecule has 2 N–H and O–H groups in total. The highest BCUT2D eigenvalue weighted by Crippen LogP contribution is 2.30. The normalized spacial score (nSPS) is 20.4. The Balaban J connectivity index is 0.00000182. The van der Waals surface area contributed by atoms with Gasteiger partial charge in [-0.15, -0.1) is 23.7 Å². The standard InChI is InChI=1S/C20H21N3S.ClH/c21-18-13-23(12-17(18)15-7-3-1-4-8-15)14-20-22-11-19(24-20)16-9-5-2-6-10-16;/h1-11,17-18H,12-14,21H2;1H/t17-,18+;/m0./s1. The third-order valence-corrected chi connectivity index (χ3v) is 5.67. The predicted molar refractivity (Wildman–Crippen MR) is 107 cm³/mol. The Bertz CT molecular complexity index is 791. The van der Waals surface area contributed by atoms with Gasteiger partial charge in [-0.25, -0.2) is 4.98 Å². The molecule has 1 aliphatic heterocycles. The lowest BCUT2D eigenvalue weighted by Gasteiger charge is -2.14. The van der Waals surface area contributed by atoms with Gasteiger partial charge in [0.05, 0.1) is 11.4 Å². The molecule has 0 radical (unpaired) electrons. The molecule has 0 spiro atoms. The van der Waals surface area contributed by atoms with E-state index in [1.54, 1.807) is 11.3 Å². The molecule has 0 saturated carbocycles. The number of thiazole rings is 1. The molecule has 2 heterocycles. The third kappa shape index (κ3) is 4.10. The minimum absolute atomic E-state index is 0. The fraction of sp³-hybridized carbons (Fsp3) is 0.250. The van der Waals surface area contributed by atoms with Gasteiger partial charge < -0.3 is 5.73 Å². The van der Waals surface area contributed by atoms with Crippen LogP contribution in [0.2, 0.25) is 0 Å². The zero-order valence-electron chi connectivity index (χ0n) is 13.9. The van der Waals surface area contributed by atoms with Crippen LogP contribution in [-0.2, 0) is 6.54 Å². The number of aromatic nitrogens is 1. The average Bonchev–Trinajstić information content (AvgIpc) is 3.23. The molecule has 0 aliphatic carbocycles. The second-order valence-corrected chi connectivity index (χ2v) is 7.47. The minimum Gasteiger partial charge on any atom is -0.326 e. The summed E-state index contributed by atoms with van der Waals surface area (Å²) in [4.78, 5) is 8.27. The molecular formula is C20H22ClN3S. The average molecular weight is 372 g/mol. The van der Waals surface area contributed by atoms with Gasteiger partial charge in [0.2, 0.25) is 0 Å². The van der Waals surface area contributed by atoms with Crippen molar-refractivity contribution in [2.45, 2.75) is 18.5 Å². The summed E-state index contributed by atoms with van der Waals surface area (Å²) in [5.41, 5.74) is 8.97. The number of benzene rings is 2. The first-order chi connectivity index (χ1) is 11.8. The van der Waals surface area contributed by atoms with E-state index < -0.39 is 0 Å². The van der Waals surface area contributed by atoms with Crippen molar-refractivity contribution in [3.63, 3.8) is 0 Å². The van der Waals surface area contributed by atoms with E-state index in [4.69, 9.17) is 5.73 Å². The van der Waals surface area contributed by atoms with Crippen LogP contribution in [-0.4, -0.2) is 29.0 Å². The largest absolute Gasteiger partial charge is 0.326 e. The lowest BCUT2D eigenvalue weighted by Crippen LogP contribution is -2.28. The van der Waals surface area contributed by atoms with Gasteiger partial charge in [-0.2, -0.15) is 0 Å². The molecule has 5 heteroatoms. The Morgan fingerprint density at radius 2 is 1.68 bits per heavy atom. The van der Waals surface area contributed by atoms with Crippen LogP contribution in [0, 0.1) is 0 Å². The number of hydrogen-bond acceptors (Lipinski definition) is 4. The maximum absolute atomic E-state index is 6.39. The van der Waals surface area contributed by atoms with E-state index in [-0.39, 0.29) is 18.4 Å². The van der Waals surface area contributed by atoms with Crippen molar-refractivity contribution >= 4 is 23.7 Å². The summed E-state index contributed by atoms with van der Waals surface area (Å²) in [6.45, 7) is 2.82. The van der Waals surface area contributed by atoms with E-state index in [1.165, 1.54) is 16.0 Å². The maximum atomic E-state index is 6.39. The van der Waals surface area contributed by atoms with E-state index in [1.807, 2.05) is 12.3 Å². The van der Waals surface area contributed by atoms with Crippen LogP contribution in [0.3, 0.4) is 0 Å². The van der Waals surface area contributed by atoms with Crippen LogP contribution in [0.15, 0.2) is 66.9 Å². The zero-order valence-corrected chi connectivity index (χ0v) is 15.5. The predicted octanol–water partition coefficient (Wildman–Crippen LogP) is 4.16. The highest BCUT2D eigenvalue weighted by atomic mass is 35.5. The first-order valence-corrected chi connectivity index (χ1v) is 9.14. The van der Waals surface area contributed by atoms with Crippen molar-refractivity contribution in [3.05, 3.63) is 77.4 Å². The van der Waals surface area contributed by atoms with E-state index in [9.17, 15) is 0 Å². The van der Waals surface area contributed by atoms with Gasteiger partial charge in [0, 0.05) is 31.2 Å². The second-order valence-electron chi connectivity index (χ2n) is 6.36. The fourth-order valence-electron chi connectivity index (χ4n) is 3.41. The molecule has 25 heavy (non-hydrogen) atoms.